The Morgan fingerprint density at radius 2 is 1.57 bits per heavy atom. The number of hydrogen-bond acceptors (Lipinski definition) is 7. The van der Waals surface area contributed by atoms with Gasteiger partial charge in [-0.3, -0.25) is 8.42 Å². The molecule has 1 aliphatic rings. The van der Waals surface area contributed by atoms with E-state index < -0.39 is 15.8 Å². The third kappa shape index (κ3) is 27.9. The zero-order valence-corrected chi connectivity index (χ0v) is 18.7. The number of rotatable bonds is 2. The van der Waals surface area contributed by atoms with Crippen LogP contribution in [0, 0.1) is 0 Å². The minimum atomic E-state index is -5.17. The van der Waals surface area contributed by atoms with E-state index in [1.807, 2.05) is 30.3 Å². The van der Waals surface area contributed by atoms with E-state index in [0.717, 1.165) is 5.56 Å². The van der Waals surface area contributed by atoms with E-state index in [0.29, 0.717) is 0 Å². The molecule has 1 aromatic carbocycles. The molecule has 0 saturated carbocycles. The molecule has 0 amide bonds. The van der Waals surface area contributed by atoms with E-state index in [2.05, 4.69) is 10.1 Å². The molecule has 0 bridgehead atoms. The Morgan fingerprint density at radius 1 is 1.13 bits per heavy atom. The molecule has 0 spiro atoms. The Balaban J connectivity index is -0.000000283. The van der Waals surface area contributed by atoms with Gasteiger partial charge < -0.3 is 19.2 Å². The number of nitrogens with one attached hydrogen (secondary N) is 1. The van der Waals surface area contributed by atoms with E-state index in [-0.39, 0.29) is 65.7 Å². The fourth-order valence-corrected chi connectivity index (χ4v) is 1.39. The monoisotopic (exact) mass is 383 g/mol. The summed E-state index contributed by atoms with van der Waals surface area (Å²) in [6.45, 7) is 2.74. The first-order valence-corrected chi connectivity index (χ1v) is 7.74. The summed E-state index contributed by atoms with van der Waals surface area (Å²) in [7, 11) is -5.17. The van der Waals surface area contributed by atoms with E-state index in [1.165, 1.54) is 25.9 Å². The van der Waals surface area contributed by atoms with Gasteiger partial charge in [0.2, 0.25) is 0 Å². The van der Waals surface area contributed by atoms with Crippen molar-refractivity contribution in [3.63, 3.8) is 0 Å². The molecule has 0 aliphatic carbocycles. The molecule has 1 N–H and O–H groups in total. The molecular formula is C12H16ClNNa2O6S. The van der Waals surface area contributed by atoms with Crippen LogP contribution in [0.4, 0.5) is 4.79 Å². The van der Waals surface area contributed by atoms with Gasteiger partial charge in [-0.05, 0) is 31.5 Å². The number of ether oxygens (including phenoxy) is 1. The largest absolute Gasteiger partial charge is 1.00 e. The second-order valence-corrected chi connectivity index (χ2v) is 5.00. The summed E-state index contributed by atoms with van der Waals surface area (Å²) in [6.07, 6.45) is 2.78. The fourth-order valence-electron chi connectivity index (χ4n) is 1.34. The van der Waals surface area contributed by atoms with Crippen LogP contribution in [0.1, 0.15) is 18.4 Å². The van der Waals surface area contributed by atoms with Gasteiger partial charge >= 0.3 is 64.5 Å². The summed E-state index contributed by atoms with van der Waals surface area (Å²) in [4.78, 5) is 10.2. The maximum atomic E-state index is 10.2. The van der Waals surface area contributed by atoms with Crippen LogP contribution >= 0.6 is 11.6 Å². The molecule has 2 rings (SSSR count). The normalized spacial score (nSPS) is 12.1. The SMILES string of the molecule is C1CCNC1.O=C(Cl)OCc1ccccc1.O=S(=O)([O-])[O-].[Na+].[Na+]. The molecule has 23 heavy (non-hydrogen) atoms. The molecule has 1 aliphatic heterocycles. The third-order valence-electron chi connectivity index (χ3n) is 2.15. The smallest absolute Gasteiger partial charge is 0.759 e. The molecule has 7 nitrogen and oxygen atoms in total. The van der Waals surface area contributed by atoms with Crippen molar-refractivity contribution < 1.29 is 86.2 Å². The van der Waals surface area contributed by atoms with Crippen molar-refractivity contribution in [2.45, 2.75) is 19.4 Å². The van der Waals surface area contributed by atoms with Crippen molar-refractivity contribution in [1.29, 1.82) is 0 Å². The minimum Gasteiger partial charge on any atom is -0.759 e. The van der Waals surface area contributed by atoms with Crippen molar-refractivity contribution in [3.05, 3.63) is 35.9 Å². The Kier molecular flexibility index (Phi) is 21.9. The number of hydrogen-bond donors (Lipinski definition) is 1. The zero-order valence-electron chi connectivity index (χ0n) is 13.2. The minimum absolute atomic E-state index is 0. The summed E-state index contributed by atoms with van der Waals surface area (Å²) in [6, 6.07) is 9.36. The molecule has 0 unspecified atom stereocenters. The van der Waals surface area contributed by atoms with Crippen LogP contribution in [-0.2, 0) is 21.7 Å². The predicted octanol–water partition coefficient (Wildman–Crippen LogP) is -4.40. The quantitative estimate of drug-likeness (QED) is 0.237. The number of carbonyl (C=O) groups is 1. The first kappa shape index (κ1) is 28.6. The topological polar surface area (TPSA) is 119 Å². The van der Waals surface area contributed by atoms with Crippen molar-refractivity contribution in [1.82, 2.24) is 5.32 Å². The summed E-state index contributed by atoms with van der Waals surface area (Å²) in [5, 5.41) is 3.22. The maximum Gasteiger partial charge on any atom is 1.00 e. The van der Waals surface area contributed by atoms with Crippen LogP contribution in [0.2, 0.25) is 0 Å². The molecule has 1 fully saturated rings. The van der Waals surface area contributed by atoms with Crippen LogP contribution in [-0.4, -0.2) is 36.0 Å². The summed E-state index contributed by atoms with van der Waals surface area (Å²) in [5.41, 5.74) is 0.162. The Bertz CT molecular complexity index is 484. The average molecular weight is 384 g/mol. The summed E-state index contributed by atoms with van der Waals surface area (Å²) < 4.78 is 38.6. The summed E-state index contributed by atoms with van der Waals surface area (Å²) in [5.74, 6) is 0. The molecule has 1 saturated heterocycles. The number of benzene rings is 1. The molecular weight excluding hydrogens is 368 g/mol. The van der Waals surface area contributed by atoms with Crippen molar-refractivity contribution in [2.75, 3.05) is 13.1 Å². The number of carbonyl (C=O) groups excluding carboxylic acids is 1. The van der Waals surface area contributed by atoms with Crippen LogP contribution in [0.25, 0.3) is 0 Å². The Labute approximate surface area is 185 Å². The Hall–Kier alpha value is 0.810. The van der Waals surface area contributed by atoms with Crippen LogP contribution in [0.3, 0.4) is 0 Å². The third-order valence-corrected chi connectivity index (χ3v) is 2.26. The van der Waals surface area contributed by atoms with E-state index in [1.54, 1.807) is 0 Å². The Morgan fingerprint density at radius 3 is 1.87 bits per heavy atom. The van der Waals surface area contributed by atoms with Gasteiger partial charge in [-0.15, -0.1) is 0 Å². The second-order valence-electron chi connectivity index (χ2n) is 3.88. The van der Waals surface area contributed by atoms with Crippen LogP contribution in [0.15, 0.2) is 30.3 Å². The van der Waals surface area contributed by atoms with Crippen molar-refractivity contribution in [2.24, 2.45) is 0 Å². The molecule has 120 valence electrons. The van der Waals surface area contributed by atoms with Crippen LogP contribution < -0.4 is 64.4 Å². The second kappa shape index (κ2) is 17.6. The van der Waals surface area contributed by atoms with Gasteiger partial charge in [-0.1, -0.05) is 30.3 Å². The van der Waals surface area contributed by atoms with Crippen molar-refractivity contribution in [3.8, 4) is 0 Å². The molecule has 1 heterocycles. The van der Waals surface area contributed by atoms with Gasteiger partial charge in [0.05, 0.1) is 0 Å². The first-order valence-electron chi connectivity index (χ1n) is 6.02. The maximum absolute atomic E-state index is 10.2. The van der Waals surface area contributed by atoms with E-state index in [9.17, 15) is 4.79 Å². The standard InChI is InChI=1S/C8H7ClO2.C4H9N.2Na.H2O4S/c9-8(10)11-6-7-4-2-1-3-5-7;1-2-4-5-3-1;;;1-5(2,3)4/h1-5H,6H2;5H,1-4H2;;;(H2,1,2,3,4)/q;;2*+1;/p-2. The molecule has 0 atom stereocenters. The van der Waals surface area contributed by atoms with Crippen LogP contribution in [0.5, 0.6) is 0 Å². The van der Waals surface area contributed by atoms with E-state index >= 15 is 0 Å². The van der Waals surface area contributed by atoms with E-state index in [4.69, 9.17) is 29.1 Å². The molecule has 0 radical (unpaired) electrons. The average Bonchev–Trinajstić information content (AvgIpc) is 2.94. The molecule has 11 heteroatoms. The van der Waals surface area contributed by atoms with Gasteiger partial charge in [0.25, 0.3) is 0 Å². The predicted molar refractivity (Wildman–Crippen MR) is 75.1 cm³/mol. The van der Waals surface area contributed by atoms with Gasteiger partial charge in [0, 0.05) is 22.0 Å². The molecule has 0 aromatic heterocycles. The molecule has 1 aromatic rings. The first-order chi connectivity index (χ1) is 9.79. The van der Waals surface area contributed by atoms with Gasteiger partial charge in [-0.25, -0.2) is 4.79 Å². The zero-order chi connectivity index (χ0) is 16.1. The van der Waals surface area contributed by atoms with Gasteiger partial charge in [0.1, 0.15) is 6.61 Å². The number of halogens is 1. The summed E-state index contributed by atoms with van der Waals surface area (Å²) >= 11 is 4.97. The van der Waals surface area contributed by atoms with Gasteiger partial charge in [-0.2, -0.15) is 0 Å². The fraction of sp³-hybridized carbons (Fsp3) is 0.417. The van der Waals surface area contributed by atoms with Crippen molar-refractivity contribution >= 4 is 27.4 Å². The van der Waals surface area contributed by atoms with Gasteiger partial charge in [0.15, 0.2) is 0 Å².